The van der Waals surface area contributed by atoms with Gasteiger partial charge in [-0.05, 0) is 37.1 Å². The van der Waals surface area contributed by atoms with Gasteiger partial charge in [0.1, 0.15) is 5.82 Å². The molecular weight excluding hydrogens is 306 g/mol. The van der Waals surface area contributed by atoms with Crippen molar-refractivity contribution in [2.45, 2.75) is 32.7 Å². The van der Waals surface area contributed by atoms with Crippen molar-refractivity contribution in [2.75, 3.05) is 0 Å². The molecule has 0 radical (unpaired) electrons. The number of nitrogens with zero attached hydrogens (tertiary/aromatic N) is 3. The SMILES string of the molecule is Cc1ccc(Cn2c(CCCC#N)nc3cc(Cl)ccc32)cc1. The molecule has 0 unspecified atom stereocenters. The van der Waals surface area contributed by atoms with E-state index in [0.717, 1.165) is 36.2 Å². The van der Waals surface area contributed by atoms with E-state index in [1.165, 1.54) is 11.1 Å². The van der Waals surface area contributed by atoms with Gasteiger partial charge < -0.3 is 4.57 Å². The minimum absolute atomic E-state index is 0.550. The number of halogens is 1. The topological polar surface area (TPSA) is 41.6 Å². The van der Waals surface area contributed by atoms with Gasteiger partial charge in [-0.25, -0.2) is 4.98 Å². The summed E-state index contributed by atoms with van der Waals surface area (Å²) in [5.41, 5.74) is 4.50. The van der Waals surface area contributed by atoms with E-state index in [1.807, 2.05) is 18.2 Å². The number of unbranched alkanes of at least 4 members (excludes halogenated alkanes) is 1. The maximum Gasteiger partial charge on any atom is 0.110 e. The first-order valence-corrected chi connectivity index (χ1v) is 8.12. The molecule has 0 saturated heterocycles. The summed E-state index contributed by atoms with van der Waals surface area (Å²) < 4.78 is 2.23. The van der Waals surface area contributed by atoms with Gasteiger partial charge in [0.05, 0.1) is 17.1 Å². The summed E-state index contributed by atoms with van der Waals surface area (Å²) in [6.45, 7) is 2.87. The lowest BCUT2D eigenvalue weighted by molar-refractivity contribution is 0.706. The molecule has 0 bridgehead atoms. The zero-order valence-corrected chi connectivity index (χ0v) is 13.8. The Balaban J connectivity index is 1.99. The molecule has 0 saturated carbocycles. The van der Waals surface area contributed by atoms with Crippen molar-refractivity contribution >= 4 is 22.6 Å². The first-order valence-electron chi connectivity index (χ1n) is 7.74. The van der Waals surface area contributed by atoms with Crippen molar-refractivity contribution in [3.8, 4) is 6.07 Å². The van der Waals surface area contributed by atoms with Crippen LogP contribution in [0.4, 0.5) is 0 Å². The third-order valence-electron chi connectivity index (χ3n) is 3.94. The molecule has 3 nitrogen and oxygen atoms in total. The molecule has 3 rings (SSSR count). The van der Waals surface area contributed by atoms with E-state index in [0.29, 0.717) is 11.4 Å². The van der Waals surface area contributed by atoms with E-state index in [4.69, 9.17) is 21.8 Å². The van der Waals surface area contributed by atoms with Gasteiger partial charge in [-0.15, -0.1) is 0 Å². The first-order chi connectivity index (χ1) is 11.2. The van der Waals surface area contributed by atoms with E-state index in [1.54, 1.807) is 0 Å². The lowest BCUT2D eigenvalue weighted by Gasteiger charge is -2.09. The average Bonchev–Trinajstić information content (AvgIpc) is 2.87. The smallest absolute Gasteiger partial charge is 0.110 e. The Morgan fingerprint density at radius 2 is 1.96 bits per heavy atom. The number of nitriles is 1. The van der Waals surface area contributed by atoms with Crippen molar-refractivity contribution in [1.29, 1.82) is 5.26 Å². The van der Waals surface area contributed by atoms with E-state index in [-0.39, 0.29) is 0 Å². The maximum atomic E-state index is 8.76. The van der Waals surface area contributed by atoms with E-state index in [2.05, 4.69) is 41.8 Å². The van der Waals surface area contributed by atoms with Crippen LogP contribution >= 0.6 is 11.6 Å². The van der Waals surface area contributed by atoms with Crippen LogP contribution in [0.5, 0.6) is 0 Å². The molecule has 0 aliphatic heterocycles. The number of benzene rings is 2. The van der Waals surface area contributed by atoms with Crippen LogP contribution in [-0.2, 0) is 13.0 Å². The third kappa shape index (κ3) is 3.55. The molecule has 23 heavy (non-hydrogen) atoms. The summed E-state index contributed by atoms with van der Waals surface area (Å²) >= 11 is 6.09. The Morgan fingerprint density at radius 1 is 1.17 bits per heavy atom. The Bertz CT molecular complexity index is 857. The lowest BCUT2D eigenvalue weighted by Crippen LogP contribution is -2.05. The van der Waals surface area contributed by atoms with Crippen LogP contribution in [0.3, 0.4) is 0 Å². The van der Waals surface area contributed by atoms with Crippen molar-refractivity contribution < 1.29 is 0 Å². The van der Waals surface area contributed by atoms with Gasteiger partial charge in [-0.2, -0.15) is 5.26 Å². The number of aromatic nitrogens is 2. The Morgan fingerprint density at radius 3 is 2.70 bits per heavy atom. The lowest BCUT2D eigenvalue weighted by atomic mass is 10.1. The molecule has 0 fully saturated rings. The third-order valence-corrected chi connectivity index (χ3v) is 4.17. The summed E-state index contributed by atoms with van der Waals surface area (Å²) in [5, 5.41) is 9.45. The zero-order chi connectivity index (χ0) is 16.2. The van der Waals surface area contributed by atoms with Crippen molar-refractivity contribution in [2.24, 2.45) is 0 Å². The second-order valence-corrected chi connectivity index (χ2v) is 6.18. The Labute approximate surface area is 141 Å². The molecule has 116 valence electrons. The molecule has 0 aliphatic rings. The summed E-state index contributed by atoms with van der Waals surface area (Å²) in [6.07, 6.45) is 2.17. The van der Waals surface area contributed by atoms with Crippen LogP contribution in [0, 0.1) is 18.3 Å². The minimum atomic E-state index is 0.550. The molecule has 2 aromatic carbocycles. The Kier molecular flexibility index (Phi) is 4.64. The molecule has 4 heteroatoms. The number of fused-ring (bicyclic) bond motifs is 1. The van der Waals surface area contributed by atoms with Gasteiger partial charge >= 0.3 is 0 Å². The number of hydrogen-bond donors (Lipinski definition) is 0. The summed E-state index contributed by atoms with van der Waals surface area (Å²) in [5.74, 6) is 1.01. The average molecular weight is 324 g/mol. The van der Waals surface area contributed by atoms with Gasteiger partial charge in [0, 0.05) is 24.4 Å². The van der Waals surface area contributed by atoms with Gasteiger partial charge in [0.25, 0.3) is 0 Å². The highest BCUT2D eigenvalue weighted by molar-refractivity contribution is 6.31. The fourth-order valence-electron chi connectivity index (χ4n) is 2.72. The van der Waals surface area contributed by atoms with Crippen molar-refractivity contribution in [3.05, 3.63) is 64.4 Å². The number of rotatable bonds is 5. The summed E-state index contributed by atoms with van der Waals surface area (Å²) in [6, 6.07) is 16.6. The Hall–Kier alpha value is -2.31. The van der Waals surface area contributed by atoms with E-state index >= 15 is 0 Å². The number of hydrogen-bond acceptors (Lipinski definition) is 2. The fourth-order valence-corrected chi connectivity index (χ4v) is 2.89. The van der Waals surface area contributed by atoms with Gasteiger partial charge in [0.15, 0.2) is 0 Å². The van der Waals surface area contributed by atoms with Crippen LogP contribution in [0.25, 0.3) is 11.0 Å². The van der Waals surface area contributed by atoms with Crippen LogP contribution < -0.4 is 0 Å². The first kappa shape index (κ1) is 15.6. The predicted molar refractivity (Wildman–Crippen MR) is 93.6 cm³/mol. The number of imidazole rings is 1. The van der Waals surface area contributed by atoms with Crippen LogP contribution in [0.2, 0.25) is 5.02 Å². The summed E-state index contributed by atoms with van der Waals surface area (Å²) in [4.78, 5) is 4.73. The quantitative estimate of drug-likeness (QED) is 0.627. The van der Waals surface area contributed by atoms with Crippen molar-refractivity contribution in [3.63, 3.8) is 0 Å². The van der Waals surface area contributed by atoms with E-state index < -0.39 is 0 Å². The van der Waals surface area contributed by atoms with Crippen molar-refractivity contribution in [1.82, 2.24) is 9.55 Å². The van der Waals surface area contributed by atoms with Crippen LogP contribution in [0.1, 0.15) is 29.8 Å². The maximum absolute atomic E-state index is 8.76. The largest absolute Gasteiger partial charge is 0.323 e. The van der Waals surface area contributed by atoms with Gasteiger partial charge in [-0.1, -0.05) is 41.4 Å². The second kappa shape index (κ2) is 6.85. The highest BCUT2D eigenvalue weighted by atomic mass is 35.5. The molecule has 1 aromatic heterocycles. The summed E-state index contributed by atoms with van der Waals surface area (Å²) in [7, 11) is 0. The zero-order valence-electron chi connectivity index (χ0n) is 13.1. The molecule has 1 heterocycles. The molecule has 0 amide bonds. The molecule has 0 atom stereocenters. The number of aryl methyl sites for hydroxylation is 2. The predicted octanol–water partition coefficient (Wildman–Crippen LogP) is 4.89. The van der Waals surface area contributed by atoms with Gasteiger partial charge in [0.2, 0.25) is 0 Å². The highest BCUT2D eigenvalue weighted by Gasteiger charge is 2.11. The van der Waals surface area contributed by atoms with Crippen LogP contribution in [0.15, 0.2) is 42.5 Å². The highest BCUT2D eigenvalue weighted by Crippen LogP contribution is 2.23. The fraction of sp³-hybridized carbons (Fsp3) is 0.263. The van der Waals surface area contributed by atoms with Crippen LogP contribution in [-0.4, -0.2) is 9.55 Å². The van der Waals surface area contributed by atoms with E-state index in [9.17, 15) is 0 Å². The molecular formula is C19H18ClN3. The normalized spacial score (nSPS) is 10.8. The standard InChI is InChI=1S/C19H18ClN3/c1-14-5-7-15(8-6-14)13-23-18-10-9-16(20)12-17(18)22-19(23)4-2-3-11-21/h5-10,12H,2-4,13H2,1H3. The second-order valence-electron chi connectivity index (χ2n) is 5.74. The minimum Gasteiger partial charge on any atom is -0.323 e. The monoisotopic (exact) mass is 323 g/mol. The molecule has 3 aromatic rings. The molecule has 0 aliphatic carbocycles. The molecule has 0 spiro atoms. The van der Waals surface area contributed by atoms with Gasteiger partial charge in [-0.3, -0.25) is 0 Å². The molecule has 0 N–H and O–H groups in total.